The number of anilines is 1. The summed E-state index contributed by atoms with van der Waals surface area (Å²) in [5.74, 6) is 0.555. The Morgan fingerprint density at radius 3 is 2.75 bits per heavy atom. The van der Waals surface area contributed by atoms with Crippen LogP contribution in [0.15, 0.2) is 23.1 Å². The number of nitrogen functional groups attached to an aromatic ring is 1. The van der Waals surface area contributed by atoms with E-state index in [1.54, 1.807) is 22.5 Å². The van der Waals surface area contributed by atoms with Crippen LogP contribution < -0.4 is 5.73 Å². The predicted molar refractivity (Wildman–Crippen MR) is 79.8 cm³/mol. The quantitative estimate of drug-likeness (QED) is 0.853. The first-order valence-electron chi connectivity index (χ1n) is 7.38. The number of nitrogens with zero attached hydrogens (tertiary/aromatic N) is 1. The Kier molecular flexibility index (Phi) is 3.50. The van der Waals surface area contributed by atoms with Crippen LogP contribution in [-0.4, -0.2) is 25.3 Å². The molecular formula is C15H22N2O2S. The molecule has 0 spiro atoms. The summed E-state index contributed by atoms with van der Waals surface area (Å²) in [5, 5.41) is 0. The van der Waals surface area contributed by atoms with E-state index in [0.717, 1.165) is 24.8 Å². The van der Waals surface area contributed by atoms with Gasteiger partial charge in [0.05, 0.1) is 4.90 Å². The lowest BCUT2D eigenvalue weighted by Gasteiger charge is -2.37. The number of sulfonamides is 1. The van der Waals surface area contributed by atoms with Crippen molar-refractivity contribution in [3.8, 4) is 0 Å². The topological polar surface area (TPSA) is 63.4 Å². The second-order valence-electron chi connectivity index (χ2n) is 6.04. The summed E-state index contributed by atoms with van der Waals surface area (Å²) >= 11 is 0. The SMILES string of the molecule is Cc1ccc(N)cc1S(=O)(=O)N1CCCC2CCCC21. The molecule has 2 aliphatic rings. The minimum Gasteiger partial charge on any atom is -0.399 e. The van der Waals surface area contributed by atoms with Crippen LogP contribution in [0, 0.1) is 12.8 Å². The lowest BCUT2D eigenvalue weighted by Crippen LogP contribution is -2.46. The van der Waals surface area contributed by atoms with E-state index < -0.39 is 10.0 Å². The molecule has 0 aromatic heterocycles. The van der Waals surface area contributed by atoms with E-state index in [1.807, 2.05) is 6.92 Å². The van der Waals surface area contributed by atoms with Gasteiger partial charge in [0.1, 0.15) is 0 Å². The molecule has 1 aliphatic carbocycles. The number of aryl methyl sites for hydroxylation is 1. The van der Waals surface area contributed by atoms with E-state index in [0.29, 0.717) is 23.0 Å². The Morgan fingerprint density at radius 1 is 1.20 bits per heavy atom. The molecule has 0 bridgehead atoms. The fourth-order valence-corrected chi connectivity index (χ4v) is 5.74. The Bertz CT molecular complexity index is 612. The van der Waals surface area contributed by atoms with E-state index in [2.05, 4.69) is 0 Å². The maximum Gasteiger partial charge on any atom is 0.243 e. The van der Waals surface area contributed by atoms with Crippen molar-refractivity contribution in [3.05, 3.63) is 23.8 Å². The average Bonchev–Trinajstić information content (AvgIpc) is 2.89. The van der Waals surface area contributed by atoms with Crippen LogP contribution in [0.4, 0.5) is 5.69 Å². The molecule has 2 N–H and O–H groups in total. The number of hydrogen-bond donors (Lipinski definition) is 1. The molecule has 4 nitrogen and oxygen atoms in total. The van der Waals surface area contributed by atoms with Crippen molar-refractivity contribution in [1.82, 2.24) is 4.31 Å². The van der Waals surface area contributed by atoms with Crippen molar-refractivity contribution in [2.45, 2.75) is 50.0 Å². The molecule has 1 aromatic carbocycles. The average molecular weight is 294 g/mol. The molecule has 1 saturated carbocycles. The summed E-state index contributed by atoms with van der Waals surface area (Å²) in [7, 11) is -3.42. The first-order chi connectivity index (χ1) is 9.50. The highest BCUT2D eigenvalue weighted by molar-refractivity contribution is 7.89. The molecule has 1 saturated heterocycles. The molecular weight excluding hydrogens is 272 g/mol. The second-order valence-corrected chi connectivity index (χ2v) is 7.90. The number of nitrogens with two attached hydrogens (primary N) is 1. The molecule has 0 radical (unpaired) electrons. The van der Waals surface area contributed by atoms with Gasteiger partial charge in [-0.15, -0.1) is 0 Å². The fraction of sp³-hybridized carbons (Fsp3) is 0.600. The molecule has 110 valence electrons. The van der Waals surface area contributed by atoms with Crippen molar-refractivity contribution in [2.75, 3.05) is 12.3 Å². The van der Waals surface area contributed by atoms with Gasteiger partial charge in [0.2, 0.25) is 10.0 Å². The maximum atomic E-state index is 13.0. The first kappa shape index (κ1) is 13.9. The van der Waals surface area contributed by atoms with Crippen LogP contribution in [0.3, 0.4) is 0 Å². The van der Waals surface area contributed by atoms with Crippen LogP contribution in [0.5, 0.6) is 0 Å². The van der Waals surface area contributed by atoms with Gasteiger partial charge in [-0.25, -0.2) is 8.42 Å². The van der Waals surface area contributed by atoms with E-state index in [1.165, 1.54) is 12.8 Å². The monoisotopic (exact) mass is 294 g/mol. The van der Waals surface area contributed by atoms with Crippen LogP contribution >= 0.6 is 0 Å². The number of fused-ring (bicyclic) bond motifs is 1. The van der Waals surface area contributed by atoms with Gasteiger partial charge in [0, 0.05) is 18.3 Å². The van der Waals surface area contributed by atoms with Crippen LogP contribution in [0.25, 0.3) is 0 Å². The van der Waals surface area contributed by atoms with Gasteiger partial charge in [-0.05, 0) is 56.2 Å². The van der Waals surface area contributed by atoms with Gasteiger partial charge in [-0.1, -0.05) is 12.5 Å². The summed E-state index contributed by atoms with van der Waals surface area (Å²) < 4.78 is 27.7. The largest absolute Gasteiger partial charge is 0.399 e. The van der Waals surface area contributed by atoms with E-state index in [4.69, 9.17) is 5.73 Å². The van der Waals surface area contributed by atoms with E-state index in [-0.39, 0.29) is 6.04 Å². The molecule has 5 heteroatoms. The zero-order valence-corrected chi connectivity index (χ0v) is 12.7. The third-order valence-electron chi connectivity index (χ3n) is 4.74. The number of rotatable bonds is 2. The third kappa shape index (κ3) is 2.23. The van der Waals surface area contributed by atoms with Crippen molar-refractivity contribution in [2.24, 2.45) is 5.92 Å². The molecule has 2 unspecified atom stereocenters. The van der Waals surface area contributed by atoms with Crippen molar-refractivity contribution >= 4 is 15.7 Å². The molecule has 3 rings (SSSR count). The highest BCUT2D eigenvalue weighted by Gasteiger charge is 2.41. The summed E-state index contributed by atoms with van der Waals surface area (Å²) in [6.45, 7) is 2.49. The van der Waals surface area contributed by atoms with Crippen molar-refractivity contribution in [3.63, 3.8) is 0 Å². The molecule has 1 aliphatic heterocycles. The summed E-state index contributed by atoms with van der Waals surface area (Å²) in [6.07, 6.45) is 5.48. The predicted octanol–water partition coefficient (Wildman–Crippen LogP) is 2.53. The zero-order chi connectivity index (χ0) is 14.3. The van der Waals surface area contributed by atoms with Crippen LogP contribution in [0.1, 0.15) is 37.7 Å². The Morgan fingerprint density at radius 2 is 1.95 bits per heavy atom. The van der Waals surface area contributed by atoms with Gasteiger partial charge in [-0.3, -0.25) is 0 Å². The Labute approximate surface area is 121 Å². The minimum absolute atomic E-state index is 0.203. The van der Waals surface area contributed by atoms with Crippen molar-refractivity contribution < 1.29 is 8.42 Å². The molecule has 2 atom stereocenters. The maximum absolute atomic E-state index is 13.0. The van der Waals surface area contributed by atoms with Crippen LogP contribution in [0.2, 0.25) is 0 Å². The fourth-order valence-electron chi connectivity index (χ4n) is 3.73. The standard InChI is InChI=1S/C15H22N2O2S/c1-11-7-8-13(16)10-15(11)20(18,19)17-9-3-5-12-4-2-6-14(12)17/h7-8,10,12,14H,2-6,9,16H2,1H3. The molecule has 1 heterocycles. The van der Waals surface area contributed by atoms with Gasteiger partial charge < -0.3 is 5.73 Å². The normalized spacial score (nSPS) is 27.4. The highest BCUT2D eigenvalue weighted by Crippen LogP contribution is 2.39. The van der Waals surface area contributed by atoms with Crippen LogP contribution in [-0.2, 0) is 10.0 Å². The van der Waals surface area contributed by atoms with Gasteiger partial charge in [0.15, 0.2) is 0 Å². The summed E-state index contributed by atoms with van der Waals surface area (Å²) in [6, 6.07) is 5.35. The minimum atomic E-state index is -3.42. The van der Waals surface area contributed by atoms with Gasteiger partial charge >= 0.3 is 0 Å². The second kappa shape index (κ2) is 5.04. The smallest absolute Gasteiger partial charge is 0.243 e. The van der Waals surface area contributed by atoms with Crippen molar-refractivity contribution in [1.29, 1.82) is 0 Å². The summed E-state index contributed by atoms with van der Waals surface area (Å²) in [4.78, 5) is 0.380. The molecule has 2 fully saturated rings. The number of benzene rings is 1. The lowest BCUT2D eigenvalue weighted by atomic mass is 9.94. The van der Waals surface area contributed by atoms with E-state index in [9.17, 15) is 8.42 Å². The zero-order valence-electron chi connectivity index (χ0n) is 11.9. The Balaban J connectivity index is 2.00. The van der Waals surface area contributed by atoms with Gasteiger partial charge in [-0.2, -0.15) is 4.31 Å². The molecule has 20 heavy (non-hydrogen) atoms. The summed E-state index contributed by atoms with van der Waals surface area (Å²) in [5.41, 5.74) is 7.06. The number of hydrogen-bond acceptors (Lipinski definition) is 3. The Hall–Kier alpha value is -1.07. The third-order valence-corrected chi connectivity index (χ3v) is 6.81. The highest BCUT2D eigenvalue weighted by atomic mass is 32.2. The molecule has 1 aromatic rings. The molecule has 0 amide bonds. The first-order valence-corrected chi connectivity index (χ1v) is 8.82. The van der Waals surface area contributed by atoms with E-state index >= 15 is 0 Å². The van der Waals surface area contributed by atoms with Gasteiger partial charge in [0.25, 0.3) is 0 Å². The lowest BCUT2D eigenvalue weighted by molar-refractivity contribution is 0.202. The number of piperidine rings is 1.